The summed E-state index contributed by atoms with van der Waals surface area (Å²) in [5, 5.41) is 14.0. The molecule has 3 unspecified atom stereocenters. The summed E-state index contributed by atoms with van der Waals surface area (Å²) in [7, 11) is 1.55. The molecule has 0 aromatic carbocycles. The molecule has 0 aliphatic heterocycles. The molecule has 0 heterocycles. The van der Waals surface area contributed by atoms with Crippen LogP contribution in [0, 0.1) is 0 Å². The summed E-state index contributed by atoms with van der Waals surface area (Å²) >= 11 is 0. The SMILES string of the molecule is CC/C=C\C/C=C\C/C=C\C/C=C\C/C=C\C/C=C\C/C=C\C/C=C\C/C=C\CCCCCCCCCC(=O)NC(COP(=O)(O)OCC[N+](C)(C)C)C(O)/C=C/CCCCCCCCCCCCCCCCCCCCCCCCCC. The number of phosphoric ester groups is 1. The minimum atomic E-state index is -4.37. The number of nitrogens with one attached hydrogen (secondary N) is 1. The number of quaternary nitrogens is 1. The summed E-state index contributed by atoms with van der Waals surface area (Å²) in [6.07, 6.45) is 94.7. The van der Waals surface area contributed by atoms with E-state index in [4.69, 9.17) is 9.05 Å². The molecule has 3 atom stereocenters. The molecule has 83 heavy (non-hydrogen) atoms. The minimum absolute atomic E-state index is 0.0536. The normalized spacial score (nSPS) is 14.4. The molecule has 8 nitrogen and oxygen atoms in total. The Hall–Kier alpha value is -3.10. The first-order chi connectivity index (χ1) is 40.5. The molecule has 0 bridgehead atoms. The predicted molar refractivity (Wildman–Crippen MR) is 364 cm³/mol. The molecule has 478 valence electrons. The molecule has 0 aromatic heterocycles. The van der Waals surface area contributed by atoms with Crippen molar-refractivity contribution in [3.8, 4) is 0 Å². The Morgan fingerprint density at radius 3 is 1.06 bits per heavy atom. The Labute approximate surface area is 514 Å². The summed E-state index contributed by atoms with van der Waals surface area (Å²) in [6.45, 7) is 4.71. The number of rotatable bonds is 62. The number of allylic oxidation sites excluding steroid dienone is 19. The lowest BCUT2D eigenvalue weighted by Crippen LogP contribution is -2.45. The van der Waals surface area contributed by atoms with Crippen LogP contribution in [0.2, 0.25) is 0 Å². The summed E-state index contributed by atoms with van der Waals surface area (Å²) < 4.78 is 23.8. The molecular weight excluding hydrogens is 1040 g/mol. The molecule has 0 spiro atoms. The van der Waals surface area contributed by atoms with Gasteiger partial charge in [-0.05, 0) is 89.9 Å². The van der Waals surface area contributed by atoms with Crippen molar-refractivity contribution >= 4 is 13.7 Å². The summed E-state index contributed by atoms with van der Waals surface area (Å²) in [4.78, 5) is 23.4. The van der Waals surface area contributed by atoms with E-state index >= 15 is 0 Å². The highest BCUT2D eigenvalue weighted by Gasteiger charge is 2.28. The Morgan fingerprint density at radius 2 is 0.723 bits per heavy atom. The predicted octanol–water partition coefficient (Wildman–Crippen LogP) is 22.0. The molecule has 0 saturated heterocycles. The molecule has 0 rings (SSSR count). The van der Waals surface area contributed by atoms with E-state index in [1.54, 1.807) is 6.08 Å². The van der Waals surface area contributed by atoms with Crippen LogP contribution in [-0.2, 0) is 18.4 Å². The van der Waals surface area contributed by atoms with Gasteiger partial charge in [0.25, 0.3) is 0 Å². The van der Waals surface area contributed by atoms with Gasteiger partial charge >= 0.3 is 7.82 Å². The molecule has 3 N–H and O–H groups in total. The van der Waals surface area contributed by atoms with Crippen molar-refractivity contribution in [3.05, 3.63) is 122 Å². The van der Waals surface area contributed by atoms with E-state index in [0.29, 0.717) is 17.4 Å². The van der Waals surface area contributed by atoms with Crippen molar-refractivity contribution in [2.45, 2.75) is 302 Å². The van der Waals surface area contributed by atoms with Crippen LogP contribution in [-0.4, -0.2) is 73.4 Å². The first-order valence-corrected chi connectivity index (χ1v) is 35.9. The Morgan fingerprint density at radius 1 is 0.422 bits per heavy atom. The summed E-state index contributed by atoms with van der Waals surface area (Å²) in [5.41, 5.74) is 0. The smallest absolute Gasteiger partial charge is 0.387 e. The molecule has 0 aliphatic rings. The Balaban J connectivity index is 4.18. The zero-order valence-corrected chi connectivity index (χ0v) is 55.5. The molecule has 0 aromatic rings. The third-order valence-corrected chi connectivity index (χ3v) is 15.9. The van der Waals surface area contributed by atoms with Crippen molar-refractivity contribution in [2.75, 3.05) is 40.9 Å². The van der Waals surface area contributed by atoms with E-state index in [0.717, 1.165) is 109 Å². The maximum atomic E-state index is 13.0. The number of phosphoric acid groups is 1. The van der Waals surface area contributed by atoms with E-state index in [1.807, 2.05) is 27.2 Å². The van der Waals surface area contributed by atoms with E-state index in [1.165, 1.54) is 161 Å². The molecular formula is C74H132N2O6P+. The molecule has 0 saturated carbocycles. The van der Waals surface area contributed by atoms with Crippen LogP contribution >= 0.6 is 7.82 Å². The number of carbonyl (C=O) groups is 1. The first kappa shape index (κ1) is 79.9. The summed E-state index contributed by atoms with van der Waals surface area (Å²) in [6, 6.07) is -0.863. The fourth-order valence-electron chi connectivity index (χ4n) is 9.62. The van der Waals surface area contributed by atoms with Crippen LogP contribution in [0.5, 0.6) is 0 Å². The zero-order valence-electron chi connectivity index (χ0n) is 54.7. The van der Waals surface area contributed by atoms with E-state index in [-0.39, 0.29) is 19.1 Å². The second-order valence-electron chi connectivity index (χ2n) is 24.2. The lowest BCUT2D eigenvalue weighted by molar-refractivity contribution is -0.870. The number of aliphatic hydroxyl groups excluding tert-OH is 1. The van der Waals surface area contributed by atoms with Gasteiger partial charge in [-0.25, -0.2) is 4.57 Å². The van der Waals surface area contributed by atoms with Crippen molar-refractivity contribution in [2.24, 2.45) is 0 Å². The van der Waals surface area contributed by atoms with Crippen LogP contribution in [0.15, 0.2) is 122 Å². The quantitative estimate of drug-likeness (QED) is 0.0243. The lowest BCUT2D eigenvalue weighted by atomic mass is 10.0. The average molecular weight is 1180 g/mol. The monoisotopic (exact) mass is 1180 g/mol. The molecule has 9 heteroatoms. The number of carbonyl (C=O) groups excluding carboxylic acids is 1. The maximum Gasteiger partial charge on any atom is 0.472 e. The Bertz CT molecular complexity index is 1770. The van der Waals surface area contributed by atoms with Crippen molar-refractivity contribution in [3.63, 3.8) is 0 Å². The topological polar surface area (TPSA) is 105 Å². The molecule has 0 radical (unpaired) electrons. The second kappa shape index (κ2) is 63.4. The van der Waals surface area contributed by atoms with Gasteiger partial charge in [0.05, 0.1) is 39.9 Å². The second-order valence-corrected chi connectivity index (χ2v) is 25.6. The highest BCUT2D eigenvalue weighted by molar-refractivity contribution is 7.47. The van der Waals surface area contributed by atoms with Gasteiger partial charge in [0, 0.05) is 6.42 Å². The van der Waals surface area contributed by atoms with Gasteiger partial charge in [-0.1, -0.05) is 315 Å². The van der Waals surface area contributed by atoms with E-state index < -0.39 is 20.0 Å². The molecule has 0 fully saturated rings. The van der Waals surface area contributed by atoms with Gasteiger partial charge in [0.2, 0.25) is 5.91 Å². The van der Waals surface area contributed by atoms with E-state index in [9.17, 15) is 19.4 Å². The lowest BCUT2D eigenvalue weighted by Gasteiger charge is -2.25. The number of amides is 1. The maximum absolute atomic E-state index is 13.0. The number of aliphatic hydroxyl groups is 1. The summed E-state index contributed by atoms with van der Waals surface area (Å²) in [5.74, 6) is -0.190. The Kier molecular flexibility index (Phi) is 61.0. The fourth-order valence-corrected chi connectivity index (χ4v) is 10.4. The van der Waals surface area contributed by atoms with Gasteiger partial charge in [-0.15, -0.1) is 0 Å². The number of unbranched alkanes of at least 4 members (excludes halogenated alkanes) is 31. The van der Waals surface area contributed by atoms with Gasteiger partial charge < -0.3 is 19.8 Å². The third-order valence-electron chi connectivity index (χ3n) is 14.9. The van der Waals surface area contributed by atoms with Gasteiger partial charge in [-0.3, -0.25) is 13.8 Å². The van der Waals surface area contributed by atoms with Crippen LogP contribution in [0.4, 0.5) is 0 Å². The van der Waals surface area contributed by atoms with Crippen LogP contribution in [0.1, 0.15) is 290 Å². The standard InChI is InChI=1S/C74H131N2O6P/c1-6-8-10-12-14-16-18-20-22-24-26-28-30-32-34-35-36-37-38-39-40-41-42-44-46-48-50-52-54-56-58-60-62-64-66-68-74(78)75-72(71-82-83(79,80)81-70-69-76(3,4)5)73(77)67-65-63-61-59-57-55-53-51-49-47-45-43-33-31-29-27-25-23-21-19-17-15-13-11-9-7-2/h8,10,14,16,20,22,26,28,32,34,36-37,39-40,42,44,48,50,65,67,72-73,77H,6-7,9,11-13,15,17-19,21,23-25,27,29-31,33,35,38,41,43,45-47,49,51-64,66,68-71H2,1-5H3,(H-,75,78,79,80)/p+1/b10-8-,16-14-,22-20-,28-26-,34-32-,37-36-,40-39-,44-42-,50-48-,67-65+. The van der Waals surface area contributed by atoms with Crippen molar-refractivity contribution in [1.29, 1.82) is 0 Å². The van der Waals surface area contributed by atoms with Gasteiger partial charge in [0.15, 0.2) is 0 Å². The van der Waals surface area contributed by atoms with Crippen molar-refractivity contribution < 1.29 is 32.9 Å². The molecule has 1 amide bonds. The van der Waals surface area contributed by atoms with Gasteiger partial charge in [-0.2, -0.15) is 0 Å². The number of hydrogen-bond acceptors (Lipinski definition) is 5. The number of hydrogen-bond donors (Lipinski definition) is 3. The highest BCUT2D eigenvalue weighted by Crippen LogP contribution is 2.43. The minimum Gasteiger partial charge on any atom is -0.387 e. The van der Waals surface area contributed by atoms with Crippen LogP contribution < -0.4 is 5.32 Å². The van der Waals surface area contributed by atoms with Crippen LogP contribution in [0.3, 0.4) is 0 Å². The number of nitrogens with zero attached hydrogens (tertiary/aromatic N) is 1. The average Bonchev–Trinajstić information content (AvgIpc) is 3.49. The molecule has 0 aliphatic carbocycles. The first-order valence-electron chi connectivity index (χ1n) is 34.4. The van der Waals surface area contributed by atoms with Crippen LogP contribution in [0.25, 0.3) is 0 Å². The zero-order chi connectivity index (χ0) is 60.5. The van der Waals surface area contributed by atoms with Crippen molar-refractivity contribution in [1.82, 2.24) is 5.32 Å². The highest BCUT2D eigenvalue weighted by atomic mass is 31.2. The third kappa shape index (κ3) is 66.3. The fraction of sp³-hybridized carbons (Fsp3) is 0.716. The van der Waals surface area contributed by atoms with Gasteiger partial charge in [0.1, 0.15) is 13.2 Å². The van der Waals surface area contributed by atoms with E-state index in [2.05, 4.69) is 129 Å². The number of likely N-dealkylation sites (N-methyl/N-ethyl adjacent to an activating group) is 1. The largest absolute Gasteiger partial charge is 0.472 e.